The van der Waals surface area contributed by atoms with Gasteiger partial charge in [0.25, 0.3) is 11.8 Å². The highest BCUT2D eigenvalue weighted by Crippen LogP contribution is 2.34. The summed E-state index contributed by atoms with van der Waals surface area (Å²) in [5, 5.41) is 0. The second kappa shape index (κ2) is 6.36. The highest BCUT2D eigenvalue weighted by Gasteiger charge is 2.36. The summed E-state index contributed by atoms with van der Waals surface area (Å²) in [4.78, 5) is 40.6. The van der Waals surface area contributed by atoms with E-state index in [-0.39, 0.29) is 36.7 Å². The monoisotopic (exact) mass is 412 g/mol. The van der Waals surface area contributed by atoms with E-state index in [4.69, 9.17) is 0 Å². The second-order valence-corrected chi connectivity index (χ2v) is 7.56. The van der Waals surface area contributed by atoms with Gasteiger partial charge in [-0.05, 0) is 49.2 Å². The van der Waals surface area contributed by atoms with Crippen LogP contribution in [0.25, 0.3) is 0 Å². The minimum absolute atomic E-state index is 0.0639. The topological polar surface area (TPSA) is 57.7 Å². The molecule has 4 rings (SSSR count). The van der Waals surface area contributed by atoms with E-state index in [1.807, 2.05) is 25.1 Å². The van der Waals surface area contributed by atoms with Gasteiger partial charge in [-0.2, -0.15) is 0 Å². The number of fused-ring (bicyclic) bond motifs is 2. The molecule has 0 bridgehead atoms. The lowest BCUT2D eigenvalue weighted by Gasteiger charge is -2.24. The Morgan fingerprint density at radius 1 is 1.12 bits per heavy atom. The lowest BCUT2D eigenvalue weighted by Crippen LogP contribution is -2.39. The lowest BCUT2D eigenvalue weighted by molar-refractivity contribution is -0.119. The Kier molecular flexibility index (Phi) is 4.15. The predicted octanol–water partition coefficient (Wildman–Crippen LogP) is 3.41. The Hall–Kier alpha value is -2.47. The van der Waals surface area contributed by atoms with Gasteiger partial charge in [-0.1, -0.05) is 28.1 Å². The van der Waals surface area contributed by atoms with Gasteiger partial charge in [-0.25, -0.2) is 0 Å². The number of rotatable bonds is 3. The van der Waals surface area contributed by atoms with Gasteiger partial charge in [-0.3, -0.25) is 19.3 Å². The molecular formula is C20H17BrN2O3. The molecule has 0 radical (unpaired) electrons. The summed E-state index contributed by atoms with van der Waals surface area (Å²) >= 11 is 3.46. The number of halogens is 1. The minimum atomic E-state index is -0.322. The summed E-state index contributed by atoms with van der Waals surface area (Å²) in [5.41, 5.74) is 2.86. The van der Waals surface area contributed by atoms with Crippen LogP contribution in [0.1, 0.15) is 39.6 Å². The molecule has 0 saturated heterocycles. The van der Waals surface area contributed by atoms with Gasteiger partial charge < -0.3 is 4.90 Å². The first kappa shape index (κ1) is 17.0. The van der Waals surface area contributed by atoms with E-state index in [1.54, 1.807) is 29.2 Å². The third-order valence-electron chi connectivity index (χ3n) is 4.95. The van der Waals surface area contributed by atoms with Crippen molar-refractivity contribution in [2.45, 2.75) is 25.8 Å². The number of nitrogens with zero attached hydrogens (tertiary/aromatic N) is 2. The van der Waals surface area contributed by atoms with Gasteiger partial charge in [0, 0.05) is 29.2 Å². The lowest BCUT2D eigenvalue weighted by atomic mass is 10.1. The normalized spacial score (nSPS) is 18.3. The molecule has 2 aliphatic heterocycles. The Morgan fingerprint density at radius 3 is 2.42 bits per heavy atom. The quantitative estimate of drug-likeness (QED) is 0.725. The van der Waals surface area contributed by atoms with E-state index < -0.39 is 0 Å². The minimum Gasteiger partial charge on any atom is -0.309 e. The van der Waals surface area contributed by atoms with Gasteiger partial charge in [0.05, 0.1) is 11.1 Å². The van der Waals surface area contributed by atoms with Crippen molar-refractivity contribution in [3.63, 3.8) is 0 Å². The number of amides is 3. The molecule has 2 aromatic rings. The summed E-state index contributed by atoms with van der Waals surface area (Å²) in [6.45, 7) is 2.11. The molecule has 132 valence electrons. The van der Waals surface area contributed by atoms with Gasteiger partial charge in [-0.15, -0.1) is 0 Å². The first-order valence-electron chi connectivity index (χ1n) is 8.53. The summed E-state index contributed by atoms with van der Waals surface area (Å²) < 4.78 is 0.990. The third-order valence-corrected chi connectivity index (χ3v) is 5.45. The van der Waals surface area contributed by atoms with Crippen LogP contribution in [0.2, 0.25) is 0 Å². The van der Waals surface area contributed by atoms with Crippen LogP contribution < -0.4 is 4.90 Å². The average molecular weight is 413 g/mol. The van der Waals surface area contributed by atoms with E-state index >= 15 is 0 Å². The van der Waals surface area contributed by atoms with Crippen molar-refractivity contribution in [1.82, 2.24) is 4.90 Å². The molecule has 0 saturated carbocycles. The van der Waals surface area contributed by atoms with Crippen molar-refractivity contribution in [2.75, 3.05) is 11.4 Å². The SMILES string of the molecule is C[C@@H]1Cc2cc(Br)ccc2N1C(=O)CCN1C(=O)c2ccccc2C1=O. The zero-order valence-electron chi connectivity index (χ0n) is 14.2. The molecule has 0 aliphatic carbocycles. The first-order valence-corrected chi connectivity index (χ1v) is 9.32. The summed E-state index contributed by atoms with van der Waals surface area (Å²) in [6, 6.07) is 12.7. The Labute approximate surface area is 159 Å². The fourth-order valence-electron chi connectivity index (χ4n) is 3.75. The molecule has 0 aromatic heterocycles. The van der Waals surface area contributed by atoms with Gasteiger partial charge >= 0.3 is 0 Å². The molecule has 26 heavy (non-hydrogen) atoms. The number of benzene rings is 2. The molecule has 6 heteroatoms. The smallest absolute Gasteiger partial charge is 0.261 e. The number of hydrogen-bond acceptors (Lipinski definition) is 3. The standard InChI is InChI=1S/C20H17BrN2O3/c1-12-10-13-11-14(21)6-7-17(13)23(12)18(24)8-9-22-19(25)15-4-2-3-5-16(15)20(22)26/h2-7,11-12H,8-10H2,1H3/t12-/m1/s1. The molecule has 2 aliphatic rings. The maximum Gasteiger partial charge on any atom is 0.261 e. The molecule has 0 spiro atoms. The molecule has 2 heterocycles. The maximum absolute atomic E-state index is 12.8. The molecular weight excluding hydrogens is 396 g/mol. The average Bonchev–Trinajstić information content (AvgIpc) is 3.07. The van der Waals surface area contributed by atoms with Crippen molar-refractivity contribution in [1.29, 1.82) is 0 Å². The van der Waals surface area contributed by atoms with Crippen LogP contribution in [0.3, 0.4) is 0 Å². The molecule has 3 amide bonds. The summed E-state index contributed by atoms with van der Waals surface area (Å²) in [6.07, 6.45) is 0.916. The molecule has 5 nitrogen and oxygen atoms in total. The molecule has 0 fully saturated rings. The number of carbonyl (C=O) groups is 3. The van der Waals surface area contributed by atoms with E-state index in [0.717, 1.165) is 22.1 Å². The summed E-state index contributed by atoms with van der Waals surface area (Å²) in [7, 11) is 0. The number of carbonyl (C=O) groups excluding carboxylic acids is 3. The Balaban J connectivity index is 1.49. The Bertz CT molecular complexity index is 905. The highest BCUT2D eigenvalue weighted by molar-refractivity contribution is 9.10. The van der Waals surface area contributed by atoms with E-state index in [0.29, 0.717) is 11.1 Å². The molecule has 0 unspecified atom stereocenters. The number of hydrogen-bond donors (Lipinski definition) is 0. The fourth-order valence-corrected chi connectivity index (χ4v) is 4.16. The van der Waals surface area contributed by atoms with E-state index in [9.17, 15) is 14.4 Å². The van der Waals surface area contributed by atoms with Crippen LogP contribution in [0, 0.1) is 0 Å². The van der Waals surface area contributed by atoms with Crippen molar-refractivity contribution >= 4 is 39.3 Å². The zero-order valence-corrected chi connectivity index (χ0v) is 15.8. The van der Waals surface area contributed by atoms with Crippen LogP contribution in [-0.4, -0.2) is 35.2 Å². The maximum atomic E-state index is 12.8. The largest absolute Gasteiger partial charge is 0.309 e. The molecule has 1 atom stereocenters. The highest BCUT2D eigenvalue weighted by atomic mass is 79.9. The second-order valence-electron chi connectivity index (χ2n) is 6.65. The number of imide groups is 1. The predicted molar refractivity (Wildman–Crippen MR) is 101 cm³/mol. The fraction of sp³-hybridized carbons (Fsp3) is 0.250. The van der Waals surface area contributed by atoms with Crippen LogP contribution in [0.15, 0.2) is 46.9 Å². The van der Waals surface area contributed by atoms with Crippen LogP contribution in [0.5, 0.6) is 0 Å². The van der Waals surface area contributed by atoms with Crippen molar-refractivity contribution in [2.24, 2.45) is 0 Å². The van der Waals surface area contributed by atoms with Crippen LogP contribution in [0.4, 0.5) is 5.69 Å². The van der Waals surface area contributed by atoms with Gasteiger partial charge in [0.2, 0.25) is 5.91 Å². The first-order chi connectivity index (χ1) is 12.5. The third kappa shape index (κ3) is 2.65. The number of anilines is 1. The Morgan fingerprint density at radius 2 is 1.77 bits per heavy atom. The van der Waals surface area contributed by atoms with E-state index in [1.165, 1.54) is 4.90 Å². The molecule has 2 aromatic carbocycles. The van der Waals surface area contributed by atoms with Crippen LogP contribution >= 0.6 is 15.9 Å². The van der Waals surface area contributed by atoms with Crippen molar-refractivity contribution in [3.8, 4) is 0 Å². The van der Waals surface area contributed by atoms with Crippen molar-refractivity contribution < 1.29 is 14.4 Å². The summed E-state index contributed by atoms with van der Waals surface area (Å²) in [5.74, 6) is -0.718. The van der Waals surface area contributed by atoms with Gasteiger partial charge in [0.1, 0.15) is 0 Å². The van der Waals surface area contributed by atoms with E-state index in [2.05, 4.69) is 15.9 Å². The van der Waals surface area contributed by atoms with Crippen LogP contribution in [-0.2, 0) is 11.2 Å². The van der Waals surface area contributed by atoms with Gasteiger partial charge in [0.15, 0.2) is 0 Å². The zero-order chi connectivity index (χ0) is 18.4. The molecule has 0 N–H and O–H groups in total. The van der Waals surface area contributed by atoms with Crippen molar-refractivity contribution in [3.05, 3.63) is 63.6 Å².